The van der Waals surface area contributed by atoms with Gasteiger partial charge in [-0.1, -0.05) is 0 Å². The van der Waals surface area contributed by atoms with Crippen LogP contribution in [-0.4, -0.2) is 34.2 Å². The number of thiazole rings is 1. The van der Waals surface area contributed by atoms with Crippen LogP contribution in [0.5, 0.6) is 0 Å². The van der Waals surface area contributed by atoms with E-state index >= 15 is 0 Å². The third-order valence-corrected chi connectivity index (χ3v) is 5.03. The number of aryl methyl sites for hydroxylation is 1. The molecule has 0 saturated carbocycles. The second-order valence-electron chi connectivity index (χ2n) is 5.37. The van der Waals surface area contributed by atoms with Gasteiger partial charge in [0.25, 0.3) is 5.91 Å². The number of nitrogens with one attached hydrogen (secondary N) is 3. The van der Waals surface area contributed by atoms with Crippen LogP contribution in [0.25, 0.3) is 0 Å². The Morgan fingerprint density at radius 1 is 1.38 bits per heavy atom. The second-order valence-corrected chi connectivity index (χ2v) is 6.43. The molecule has 0 aliphatic carbocycles. The van der Waals surface area contributed by atoms with E-state index in [1.165, 1.54) is 4.88 Å². The fraction of sp³-hybridized carbons (Fsp3) is 0.500. The zero-order valence-corrected chi connectivity index (χ0v) is 13.0. The van der Waals surface area contributed by atoms with E-state index in [1.54, 1.807) is 11.3 Å². The van der Waals surface area contributed by atoms with Gasteiger partial charge in [-0.2, -0.15) is 5.10 Å². The molecule has 0 aromatic carbocycles. The number of aromatic nitrogens is 3. The zero-order chi connectivity index (χ0) is 14.8. The molecule has 3 rings (SSSR count). The van der Waals surface area contributed by atoms with E-state index in [0.29, 0.717) is 16.7 Å². The smallest absolute Gasteiger partial charge is 0.278 e. The van der Waals surface area contributed by atoms with E-state index < -0.39 is 0 Å². The number of anilines is 1. The van der Waals surface area contributed by atoms with Crippen molar-refractivity contribution in [2.45, 2.75) is 32.6 Å². The van der Waals surface area contributed by atoms with Crippen molar-refractivity contribution in [1.82, 2.24) is 20.5 Å². The molecule has 0 atom stereocenters. The van der Waals surface area contributed by atoms with Crippen molar-refractivity contribution in [2.75, 3.05) is 18.4 Å². The fourth-order valence-electron chi connectivity index (χ4n) is 2.50. The number of hydrogen-bond donors (Lipinski definition) is 3. The minimum atomic E-state index is -0.205. The topological polar surface area (TPSA) is 82.7 Å². The van der Waals surface area contributed by atoms with Crippen LogP contribution in [0, 0.1) is 13.8 Å². The molecule has 1 fully saturated rings. The quantitative estimate of drug-likeness (QED) is 0.812. The summed E-state index contributed by atoms with van der Waals surface area (Å²) in [5.74, 6) is 0.354. The van der Waals surface area contributed by atoms with E-state index in [-0.39, 0.29) is 5.91 Å². The van der Waals surface area contributed by atoms with Crippen LogP contribution < -0.4 is 10.6 Å². The summed E-state index contributed by atoms with van der Waals surface area (Å²) in [4.78, 5) is 17.8. The predicted molar refractivity (Wildman–Crippen MR) is 83.0 cm³/mol. The first kappa shape index (κ1) is 14.2. The van der Waals surface area contributed by atoms with Gasteiger partial charge in [0.2, 0.25) is 0 Å². The van der Waals surface area contributed by atoms with Crippen LogP contribution in [0.1, 0.15) is 45.4 Å². The van der Waals surface area contributed by atoms with Gasteiger partial charge in [0.15, 0.2) is 10.8 Å². The zero-order valence-electron chi connectivity index (χ0n) is 12.2. The summed E-state index contributed by atoms with van der Waals surface area (Å²) in [5, 5.41) is 13.7. The highest BCUT2D eigenvalue weighted by Crippen LogP contribution is 2.31. The number of nitrogens with zero attached hydrogens (tertiary/aromatic N) is 2. The van der Waals surface area contributed by atoms with Crippen molar-refractivity contribution in [3.05, 3.63) is 28.0 Å². The Labute approximate surface area is 127 Å². The van der Waals surface area contributed by atoms with Crippen molar-refractivity contribution >= 4 is 22.4 Å². The summed E-state index contributed by atoms with van der Waals surface area (Å²) in [6.07, 6.45) is 4.15. The van der Waals surface area contributed by atoms with Crippen LogP contribution >= 0.6 is 11.3 Å². The molecule has 6 nitrogen and oxygen atoms in total. The van der Waals surface area contributed by atoms with Gasteiger partial charge in [0.1, 0.15) is 0 Å². The fourth-order valence-corrected chi connectivity index (χ4v) is 3.48. The van der Waals surface area contributed by atoms with E-state index in [0.717, 1.165) is 37.2 Å². The van der Waals surface area contributed by atoms with Crippen LogP contribution in [0.3, 0.4) is 0 Å². The minimum absolute atomic E-state index is 0.205. The standard InChI is InChI=1S/C14H19N5OS/c1-8-9(2)18-19-12(8)13(20)17-14-16-7-11(21-14)10-3-5-15-6-4-10/h7,10,15H,3-6H2,1-2H3,(H,18,19)(H,16,17,20). The first-order valence-corrected chi connectivity index (χ1v) is 7.96. The van der Waals surface area contributed by atoms with Gasteiger partial charge >= 0.3 is 0 Å². The first-order valence-electron chi connectivity index (χ1n) is 7.14. The maximum atomic E-state index is 12.2. The van der Waals surface area contributed by atoms with Gasteiger partial charge < -0.3 is 5.32 Å². The van der Waals surface area contributed by atoms with Gasteiger partial charge in [-0.05, 0) is 45.7 Å². The van der Waals surface area contributed by atoms with Crippen LogP contribution in [-0.2, 0) is 0 Å². The Hall–Kier alpha value is -1.73. The van der Waals surface area contributed by atoms with Crippen molar-refractivity contribution in [1.29, 1.82) is 0 Å². The predicted octanol–water partition coefficient (Wildman–Crippen LogP) is 2.20. The molecule has 0 bridgehead atoms. The largest absolute Gasteiger partial charge is 0.317 e. The molecule has 2 aromatic heterocycles. The molecule has 1 saturated heterocycles. The highest BCUT2D eigenvalue weighted by atomic mass is 32.1. The lowest BCUT2D eigenvalue weighted by atomic mass is 9.97. The average molecular weight is 305 g/mol. The lowest BCUT2D eigenvalue weighted by Gasteiger charge is -2.20. The summed E-state index contributed by atoms with van der Waals surface area (Å²) >= 11 is 1.57. The van der Waals surface area contributed by atoms with Crippen LogP contribution in [0.2, 0.25) is 0 Å². The molecular formula is C14H19N5OS. The van der Waals surface area contributed by atoms with Crippen molar-refractivity contribution in [3.8, 4) is 0 Å². The van der Waals surface area contributed by atoms with Gasteiger partial charge in [0, 0.05) is 22.3 Å². The minimum Gasteiger partial charge on any atom is -0.317 e. The maximum Gasteiger partial charge on any atom is 0.278 e. The van der Waals surface area contributed by atoms with E-state index in [1.807, 2.05) is 20.0 Å². The Morgan fingerprint density at radius 2 is 2.14 bits per heavy atom. The first-order chi connectivity index (χ1) is 10.1. The Bertz CT molecular complexity index is 642. The second kappa shape index (κ2) is 5.95. The summed E-state index contributed by atoms with van der Waals surface area (Å²) < 4.78 is 0. The number of hydrogen-bond acceptors (Lipinski definition) is 5. The SMILES string of the molecule is Cc1[nH]nc(C(=O)Nc2ncc(C3CCNCC3)s2)c1C. The summed E-state index contributed by atoms with van der Waals surface area (Å²) in [7, 11) is 0. The number of rotatable bonds is 3. The molecule has 0 unspecified atom stereocenters. The van der Waals surface area contributed by atoms with E-state index in [9.17, 15) is 4.79 Å². The molecule has 2 aromatic rings. The third-order valence-electron chi connectivity index (χ3n) is 3.95. The number of piperidine rings is 1. The summed E-state index contributed by atoms with van der Waals surface area (Å²) in [6.45, 7) is 5.89. The molecule has 1 aliphatic heterocycles. The molecule has 1 amide bonds. The number of H-pyrrole nitrogens is 1. The number of amides is 1. The Kier molecular flexibility index (Phi) is 4.03. The lowest BCUT2D eigenvalue weighted by molar-refractivity contribution is 0.102. The molecule has 3 heterocycles. The van der Waals surface area contributed by atoms with Crippen LogP contribution in [0.4, 0.5) is 5.13 Å². The monoisotopic (exact) mass is 305 g/mol. The number of aromatic amines is 1. The highest BCUT2D eigenvalue weighted by Gasteiger charge is 2.20. The van der Waals surface area contributed by atoms with E-state index in [2.05, 4.69) is 25.8 Å². The Balaban J connectivity index is 1.69. The maximum absolute atomic E-state index is 12.2. The molecular weight excluding hydrogens is 286 g/mol. The summed E-state index contributed by atoms with van der Waals surface area (Å²) in [6, 6.07) is 0. The van der Waals surface area contributed by atoms with Gasteiger partial charge in [0.05, 0.1) is 0 Å². The third kappa shape index (κ3) is 2.98. The summed E-state index contributed by atoms with van der Waals surface area (Å²) in [5.41, 5.74) is 2.23. The normalized spacial score (nSPS) is 16.1. The van der Waals surface area contributed by atoms with E-state index in [4.69, 9.17) is 0 Å². The molecule has 0 spiro atoms. The van der Waals surface area contributed by atoms with Gasteiger partial charge in [-0.25, -0.2) is 4.98 Å². The van der Waals surface area contributed by atoms with Gasteiger partial charge in [-0.3, -0.25) is 15.2 Å². The number of carbonyl (C=O) groups excluding carboxylic acids is 1. The Morgan fingerprint density at radius 3 is 2.81 bits per heavy atom. The molecule has 1 aliphatic rings. The molecule has 7 heteroatoms. The highest BCUT2D eigenvalue weighted by molar-refractivity contribution is 7.15. The van der Waals surface area contributed by atoms with Crippen molar-refractivity contribution < 1.29 is 4.79 Å². The van der Waals surface area contributed by atoms with Crippen LogP contribution in [0.15, 0.2) is 6.20 Å². The number of carbonyl (C=O) groups is 1. The average Bonchev–Trinajstić information content (AvgIpc) is 3.08. The van der Waals surface area contributed by atoms with Gasteiger partial charge in [-0.15, -0.1) is 11.3 Å². The molecule has 3 N–H and O–H groups in total. The molecule has 21 heavy (non-hydrogen) atoms. The van der Waals surface area contributed by atoms with Crippen molar-refractivity contribution in [2.24, 2.45) is 0 Å². The van der Waals surface area contributed by atoms with Crippen molar-refractivity contribution in [3.63, 3.8) is 0 Å². The lowest BCUT2D eigenvalue weighted by Crippen LogP contribution is -2.26. The molecule has 0 radical (unpaired) electrons. The molecule has 112 valence electrons.